The van der Waals surface area contributed by atoms with Crippen molar-refractivity contribution in [3.05, 3.63) is 28.2 Å². The highest BCUT2D eigenvalue weighted by molar-refractivity contribution is 9.10. The fourth-order valence-corrected chi connectivity index (χ4v) is 1.22. The van der Waals surface area contributed by atoms with Crippen LogP contribution in [0.4, 0.5) is 5.69 Å². The molecule has 3 nitrogen and oxygen atoms in total. The summed E-state index contributed by atoms with van der Waals surface area (Å²) in [6.45, 7) is 0. The number of hydrogen-bond acceptors (Lipinski definition) is 2. The van der Waals surface area contributed by atoms with Crippen LogP contribution >= 0.6 is 15.9 Å². The molecule has 0 aliphatic carbocycles. The van der Waals surface area contributed by atoms with E-state index in [1.165, 1.54) is 0 Å². The lowest BCUT2D eigenvalue weighted by Crippen LogP contribution is -2.08. The first-order valence-corrected chi connectivity index (χ1v) is 4.71. The number of hydrogen-bond donors (Lipinski definition) is 2. The number of benzene rings is 1. The van der Waals surface area contributed by atoms with Gasteiger partial charge in [-0.05, 0) is 18.2 Å². The highest BCUT2D eigenvalue weighted by Crippen LogP contribution is 2.17. The molecule has 1 rings (SSSR count). The molecule has 0 fully saturated rings. The molecule has 1 amide bonds. The van der Waals surface area contributed by atoms with Crippen LogP contribution in [0.5, 0.6) is 0 Å². The number of primary amides is 1. The highest BCUT2D eigenvalue weighted by Gasteiger charge is 1.95. The third-order valence-corrected chi connectivity index (χ3v) is 1.99. The molecule has 0 bridgehead atoms. The zero-order valence-corrected chi connectivity index (χ0v) is 8.97. The van der Waals surface area contributed by atoms with Gasteiger partial charge in [0.15, 0.2) is 0 Å². The van der Waals surface area contributed by atoms with Crippen LogP contribution in [0.25, 0.3) is 0 Å². The summed E-state index contributed by atoms with van der Waals surface area (Å²) in [5, 5.41) is 0. The Morgan fingerprint density at radius 2 is 2.21 bits per heavy atom. The first kappa shape index (κ1) is 10.6. The predicted molar refractivity (Wildman–Crippen MR) is 59.2 cm³/mol. The van der Waals surface area contributed by atoms with Crippen LogP contribution in [0, 0.1) is 11.8 Å². The number of rotatable bonds is 1. The van der Waals surface area contributed by atoms with Gasteiger partial charge in [-0.15, -0.1) is 0 Å². The van der Waals surface area contributed by atoms with Gasteiger partial charge in [-0.3, -0.25) is 4.79 Å². The zero-order valence-electron chi connectivity index (χ0n) is 7.38. The second-order valence-corrected chi connectivity index (χ2v) is 3.59. The molecular weight excluding hydrogens is 244 g/mol. The van der Waals surface area contributed by atoms with Gasteiger partial charge in [0, 0.05) is 15.7 Å². The fourth-order valence-electron chi connectivity index (χ4n) is 0.863. The van der Waals surface area contributed by atoms with Crippen LogP contribution < -0.4 is 11.5 Å². The zero-order chi connectivity index (χ0) is 10.6. The van der Waals surface area contributed by atoms with Crippen molar-refractivity contribution in [2.45, 2.75) is 6.42 Å². The molecule has 4 N–H and O–H groups in total. The van der Waals surface area contributed by atoms with E-state index in [0.717, 1.165) is 4.47 Å². The lowest BCUT2D eigenvalue weighted by molar-refractivity contribution is -0.117. The molecule has 0 spiro atoms. The number of halogens is 1. The van der Waals surface area contributed by atoms with Crippen LogP contribution in [0.2, 0.25) is 0 Å². The molecule has 4 heteroatoms. The molecule has 0 radical (unpaired) electrons. The lowest BCUT2D eigenvalue weighted by Gasteiger charge is -1.97. The SMILES string of the molecule is NC(=O)CC#Cc1cc(Br)ccc1N. The van der Waals surface area contributed by atoms with Gasteiger partial charge in [0.05, 0.1) is 6.42 Å². The van der Waals surface area contributed by atoms with Gasteiger partial charge in [0.1, 0.15) is 0 Å². The minimum atomic E-state index is -0.439. The van der Waals surface area contributed by atoms with Crippen LogP contribution in [0.1, 0.15) is 12.0 Å². The number of nitrogen functional groups attached to an aromatic ring is 1. The molecule has 0 saturated heterocycles. The predicted octanol–water partition coefficient (Wildman–Crippen LogP) is 1.26. The third kappa shape index (κ3) is 3.11. The van der Waals surface area contributed by atoms with Crippen molar-refractivity contribution in [3.8, 4) is 11.8 Å². The summed E-state index contributed by atoms with van der Waals surface area (Å²) >= 11 is 3.30. The van der Waals surface area contributed by atoms with Gasteiger partial charge < -0.3 is 11.5 Å². The second kappa shape index (κ2) is 4.68. The number of anilines is 1. The summed E-state index contributed by atoms with van der Waals surface area (Å²) < 4.78 is 0.898. The first-order valence-electron chi connectivity index (χ1n) is 3.92. The summed E-state index contributed by atoms with van der Waals surface area (Å²) in [5.74, 6) is 4.98. The quantitative estimate of drug-likeness (QED) is 0.584. The number of nitrogens with two attached hydrogens (primary N) is 2. The smallest absolute Gasteiger partial charge is 0.229 e. The van der Waals surface area contributed by atoms with E-state index >= 15 is 0 Å². The largest absolute Gasteiger partial charge is 0.398 e. The number of carbonyl (C=O) groups excluding carboxylic acids is 1. The highest BCUT2D eigenvalue weighted by atomic mass is 79.9. The summed E-state index contributed by atoms with van der Waals surface area (Å²) in [6.07, 6.45) is 0.0476. The summed E-state index contributed by atoms with van der Waals surface area (Å²) in [6, 6.07) is 5.37. The van der Waals surface area contributed by atoms with E-state index in [1.807, 2.05) is 6.07 Å². The Morgan fingerprint density at radius 1 is 1.50 bits per heavy atom. The molecule has 0 saturated carbocycles. The number of carbonyl (C=O) groups is 1. The van der Waals surface area contributed by atoms with Crippen molar-refractivity contribution in [2.75, 3.05) is 5.73 Å². The second-order valence-electron chi connectivity index (χ2n) is 2.68. The van der Waals surface area contributed by atoms with Crippen molar-refractivity contribution >= 4 is 27.5 Å². The van der Waals surface area contributed by atoms with E-state index < -0.39 is 5.91 Å². The molecular formula is C10H9BrN2O. The van der Waals surface area contributed by atoms with E-state index in [1.54, 1.807) is 12.1 Å². The van der Waals surface area contributed by atoms with Crippen LogP contribution in [0.3, 0.4) is 0 Å². The minimum absolute atomic E-state index is 0.0476. The third-order valence-electron chi connectivity index (χ3n) is 1.50. The van der Waals surface area contributed by atoms with Gasteiger partial charge in [-0.25, -0.2) is 0 Å². The molecule has 0 heterocycles. The Bertz CT molecular complexity index is 418. The molecule has 14 heavy (non-hydrogen) atoms. The standard InChI is InChI=1S/C10H9BrN2O/c11-8-4-5-9(12)7(6-8)2-1-3-10(13)14/h4-6H,3,12H2,(H2,13,14). The maximum Gasteiger partial charge on any atom is 0.229 e. The van der Waals surface area contributed by atoms with E-state index in [2.05, 4.69) is 27.8 Å². The summed E-state index contributed by atoms with van der Waals surface area (Å²) in [4.78, 5) is 10.4. The Morgan fingerprint density at radius 3 is 2.86 bits per heavy atom. The maximum atomic E-state index is 10.4. The minimum Gasteiger partial charge on any atom is -0.398 e. The molecule has 1 aromatic rings. The Hall–Kier alpha value is -1.47. The van der Waals surface area contributed by atoms with Crippen LogP contribution in [-0.4, -0.2) is 5.91 Å². The average Bonchev–Trinajstić information content (AvgIpc) is 2.10. The normalized spacial score (nSPS) is 8.93. The average molecular weight is 253 g/mol. The van der Waals surface area contributed by atoms with Crippen molar-refractivity contribution in [3.63, 3.8) is 0 Å². The van der Waals surface area contributed by atoms with Gasteiger partial charge in [0.25, 0.3) is 0 Å². The molecule has 72 valence electrons. The maximum absolute atomic E-state index is 10.4. The lowest BCUT2D eigenvalue weighted by atomic mass is 10.2. The summed E-state index contributed by atoms with van der Waals surface area (Å²) in [7, 11) is 0. The van der Waals surface area contributed by atoms with Gasteiger partial charge in [0.2, 0.25) is 5.91 Å². The Labute approximate surface area is 90.6 Å². The molecule has 0 unspecified atom stereocenters. The molecule has 0 aliphatic heterocycles. The topological polar surface area (TPSA) is 69.1 Å². The monoisotopic (exact) mass is 252 g/mol. The van der Waals surface area contributed by atoms with E-state index in [9.17, 15) is 4.79 Å². The molecule has 0 aliphatic rings. The van der Waals surface area contributed by atoms with Crippen molar-refractivity contribution in [1.29, 1.82) is 0 Å². The fraction of sp³-hybridized carbons (Fsp3) is 0.100. The summed E-state index contributed by atoms with van der Waals surface area (Å²) in [5.41, 5.74) is 11.9. The number of amides is 1. The van der Waals surface area contributed by atoms with Crippen LogP contribution in [-0.2, 0) is 4.79 Å². The van der Waals surface area contributed by atoms with Crippen molar-refractivity contribution in [1.82, 2.24) is 0 Å². The van der Waals surface area contributed by atoms with Gasteiger partial charge in [-0.1, -0.05) is 27.8 Å². The molecule has 0 aromatic heterocycles. The molecule has 1 aromatic carbocycles. The Balaban J connectivity index is 2.88. The van der Waals surface area contributed by atoms with E-state index in [-0.39, 0.29) is 6.42 Å². The van der Waals surface area contributed by atoms with E-state index in [4.69, 9.17) is 11.5 Å². The molecule has 0 atom stereocenters. The van der Waals surface area contributed by atoms with E-state index in [0.29, 0.717) is 11.3 Å². The first-order chi connectivity index (χ1) is 6.59. The van der Waals surface area contributed by atoms with Crippen molar-refractivity contribution in [2.24, 2.45) is 5.73 Å². The van der Waals surface area contributed by atoms with Gasteiger partial charge in [-0.2, -0.15) is 0 Å². The Kier molecular flexibility index (Phi) is 3.55. The van der Waals surface area contributed by atoms with Crippen LogP contribution in [0.15, 0.2) is 22.7 Å². The van der Waals surface area contributed by atoms with Crippen molar-refractivity contribution < 1.29 is 4.79 Å². The van der Waals surface area contributed by atoms with Gasteiger partial charge >= 0.3 is 0 Å².